The Kier molecular flexibility index (Phi) is 6.89. The Bertz CT molecular complexity index is 1430. The number of piperidine rings is 1. The normalized spacial score (nSPS) is 18.4. The van der Waals surface area contributed by atoms with E-state index < -0.39 is 18.1 Å². The maximum absolute atomic E-state index is 15.1. The van der Waals surface area contributed by atoms with Gasteiger partial charge in [0.25, 0.3) is 12.0 Å². The number of pyridine rings is 1. The number of aryl methyl sites for hydroxylation is 1. The number of rotatable bonds is 6. The number of halogens is 3. The van der Waals surface area contributed by atoms with Crippen LogP contribution in [-0.2, 0) is 17.5 Å². The van der Waals surface area contributed by atoms with Gasteiger partial charge in [0.15, 0.2) is 5.67 Å². The molecular weight excluding hydrogens is 497 g/mol. The SMILES string of the molecule is CC(=O)N1CCC(c2cc3c(NC(C)c4cc(C(F)F)cc(C5(F)CNC5)c4)ncnc3n(C)c2=O)CC1. The van der Waals surface area contributed by atoms with Crippen LogP contribution < -0.4 is 16.2 Å². The highest BCUT2D eigenvalue weighted by atomic mass is 19.3. The lowest BCUT2D eigenvalue weighted by Gasteiger charge is -2.36. The fourth-order valence-corrected chi connectivity index (χ4v) is 5.35. The average Bonchev–Trinajstić information content (AvgIpc) is 2.89. The number of anilines is 1. The van der Waals surface area contributed by atoms with Crippen LogP contribution in [0.3, 0.4) is 0 Å². The summed E-state index contributed by atoms with van der Waals surface area (Å²) >= 11 is 0. The van der Waals surface area contributed by atoms with Crippen LogP contribution in [0.4, 0.5) is 19.0 Å². The third-order valence-electron chi connectivity index (χ3n) is 7.82. The quantitative estimate of drug-likeness (QED) is 0.504. The second-order valence-corrected chi connectivity index (χ2v) is 10.3. The van der Waals surface area contributed by atoms with E-state index in [1.54, 1.807) is 37.9 Å². The minimum Gasteiger partial charge on any atom is -0.363 e. The van der Waals surface area contributed by atoms with E-state index in [9.17, 15) is 18.4 Å². The number of benzene rings is 1. The number of likely N-dealkylation sites (tertiary alicyclic amines) is 1. The van der Waals surface area contributed by atoms with E-state index in [2.05, 4.69) is 20.6 Å². The van der Waals surface area contributed by atoms with Gasteiger partial charge >= 0.3 is 0 Å². The zero-order valence-corrected chi connectivity index (χ0v) is 21.6. The summed E-state index contributed by atoms with van der Waals surface area (Å²) in [5, 5.41) is 6.77. The standard InChI is InChI=1S/C27H31F3N6O2/c1-15(18-8-19(23(28)29)10-20(9-18)27(30)12-31-13-27)34-24-22-11-21(17-4-6-36(7-5-17)16(2)37)26(38)35(3)25(22)33-14-32-24/h8-11,14-15,17,23,31H,4-7,12-13H2,1-3H3,(H,32,33,34). The number of hydrogen-bond acceptors (Lipinski definition) is 6. The number of nitrogens with one attached hydrogen (secondary N) is 2. The van der Waals surface area contributed by atoms with Crippen LogP contribution in [0.25, 0.3) is 11.0 Å². The molecule has 2 aliphatic heterocycles. The van der Waals surface area contributed by atoms with E-state index in [0.29, 0.717) is 53.9 Å². The predicted molar refractivity (Wildman–Crippen MR) is 138 cm³/mol. The van der Waals surface area contributed by atoms with E-state index >= 15 is 4.39 Å². The molecule has 0 saturated carbocycles. The van der Waals surface area contributed by atoms with Gasteiger partial charge in [0, 0.05) is 57.3 Å². The van der Waals surface area contributed by atoms with Crippen molar-refractivity contribution in [1.29, 1.82) is 0 Å². The highest BCUT2D eigenvalue weighted by Gasteiger charge is 2.39. The molecule has 0 spiro atoms. The lowest BCUT2D eigenvalue weighted by molar-refractivity contribution is -0.129. The molecule has 1 atom stereocenters. The second-order valence-electron chi connectivity index (χ2n) is 10.3. The summed E-state index contributed by atoms with van der Waals surface area (Å²) in [7, 11) is 1.66. The number of amides is 1. The van der Waals surface area contributed by atoms with E-state index in [0.717, 1.165) is 0 Å². The fraction of sp³-hybridized carbons (Fsp3) is 0.481. The molecule has 2 fully saturated rings. The molecule has 11 heteroatoms. The Morgan fingerprint density at radius 3 is 2.42 bits per heavy atom. The number of carbonyl (C=O) groups is 1. The second kappa shape index (κ2) is 10.0. The minimum absolute atomic E-state index is 0.0127. The highest BCUT2D eigenvalue weighted by Crippen LogP contribution is 2.36. The fourth-order valence-electron chi connectivity index (χ4n) is 5.35. The summed E-state index contributed by atoms with van der Waals surface area (Å²) in [6, 6.07) is 5.56. The van der Waals surface area contributed by atoms with Gasteiger partial charge in [0.1, 0.15) is 17.8 Å². The van der Waals surface area contributed by atoms with Gasteiger partial charge in [0.05, 0.1) is 5.39 Å². The van der Waals surface area contributed by atoms with Crippen molar-refractivity contribution in [1.82, 2.24) is 24.8 Å². The van der Waals surface area contributed by atoms with Crippen molar-refractivity contribution in [2.75, 3.05) is 31.5 Å². The monoisotopic (exact) mass is 528 g/mol. The maximum atomic E-state index is 15.1. The van der Waals surface area contributed by atoms with Gasteiger partial charge in [-0.05, 0) is 55.0 Å². The number of alkyl halides is 3. The van der Waals surface area contributed by atoms with Gasteiger partial charge in [-0.15, -0.1) is 0 Å². The van der Waals surface area contributed by atoms with Crippen LogP contribution in [0.2, 0.25) is 0 Å². The van der Waals surface area contributed by atoms with Crippen molar-refractivity contribution in [2.24, 2.45) is 7.05 Å². The van der Waals surface area contributed by atoms with Crippen LogP contribution >= 0.6 is 0 Å². The number of carbonyl (C=O) groups excluding carboxylic acids is 1. The average molecular weight is 529 g/mol. The number of nitrogens with zero attached hydrogens (tertiary/aromatic N) is 4. The molecule has 4 heterocycles. The molecule has 2 N–H and O–H groups in total. The number of hydrogen-bond donors (Lipinski definition) is 2. The molecule has 2 aliphatic rings. The summed E-state index contributed by atoms with van der Waals surface area (Å²) in [5.74, 6) is 0.459. The van der Waals surface area contributed by atoms with Crippen molar-refractivity contribution in [3.8, 4) is 0 Å². The zero-order chi connectivity index (χ0) is 27.2. The maximum Gasteiger partial charge on any atom is 0.263 e. The Balaban J connectivity index is 1.49. The molecule has 38 heavy (non-hydrogen) atoms. The molecule has 0 aliphatic carbocycles. The lowest BCUT2D eigenvalue weighted by atomic mass is 9.87. The van der Waals surface area contributed by atoms with Crippen LogP contribution in [0, 0.1) is 0 Å². The molecule has 0 bridgehead atoms. The Hall–Kier alpha value is -3.47. The molecule has 8 nitrogen and oxygen atoms in total. The van der Waals surface area contributed by atoms with Gasteiger partial charge in [-0.25, -0.2) is 23.1 Å². The van der Waals surface area contributed by atoms with Gasteiger partial charge in [-0.3, -0.25) is 14.2 Å². The van der Waals surface area contributed by atoms with Crippen LogP contribution in [0.5, 0.6) is 0 Å². The topological polar surface area (TPSA) is 92.2 Å². The molecular formula is C27H31F3N6O2. The zero-order valence-electron chi connectivity index (χ0n) is 21.6. The Morgan fingerprint density at radius 2 is 1.82 bits per heavy atom. The largest absolute Gasteiger partial charge is 0.363 e. The first-order valence-electron chi connectivity index (χ1n) is 12.8. The highest BCUT2D eigenvalue weighted by molar-refractivity contribution is 5.87. The molecule has 0 radical (unpaired) electrons. The first-order valence-corrected chi connectivity index (χ1v) is 12.8. The third kappa shape index (κ3) is 4.75. The van der Waals surface area contributed by atoms with Gasteiger partial charge in [0.2, 0.25) is 5.91 Å². The summed E-state index contributed by atoms with van der Waals surface area (Å²) in [6.07, 6.45) is -0.0322. The minimum atomic E-state index is -2.73. The van der Waals surface area contributed by atoms with Crippen LogP contribution in [-0.4, -0.2) is 51.5 Å². The van der Waals surface area contributed by atoms with Crippen molar-refractivity contribution >= 4 is 22.8 Å². The van der Waals surface area contributed by atoms with Crippen molar-refractivity contribution in [3.63, 3.8) is 0 Å². The molecule has 1 aromatic carbocycles. The van der Waals surface area contributed by atoms with Crippen molar-refractivity contribution < 1.29 is 18.0 Å². The molecule has 2 saturated heterocycles. The van der Waals surface area contributed by atoms with Gasteiger partial charge in [-0.2, -0.15) is 0 Å². The van der Waals surface area contributed by atoms with Gasteiger partial charge < -0.3 is 15.5 Å². The van der Waals surface area contributed by atoms with Crippen molar-refractivity contribution in [3.05, 3.63) is 63.2 Å². The van der Waals surface area contributed by atoms with Crippen LogP contribution in [0.1, 0.15) is 67.3 Å². The molecule has 3 aromatic rings. The first kappa shape index (κ1) is 26.1. The van der Waals surface area contributed by atoms with Gasteiger partial charge in [-0.1, -0.05) is 6.07 Å². The number of aromatic nitrogens is 3. The van der Waals surface area contributed by atoms with Crippen LogP contribution in [0.15, 0.2) is 35.4 Å². The third-order valence-corrected chi connectivity index (χ3v) is 7.82. The number of fused-ring (bicyclic) bond motifs is 1. The molecule has 5 rings (SSSR count). The molecule has 202 valence electrons. The first-order chi connectivity index (χ1) is 18.1. The van der Waals surface area contributed by atoms with Crippen molar-refractivity contribution in [2.45, 2.75) is 50.7 Å². The van der Waals surface area contributed by atoms with E-state index in [-0.39, 0.29) is 41.6 Å². The smallest absolute Gasteiger partial charge is 0.263 e. The summed E-state index contributed by atoms with van der Waals surface area (Å²) in [4.78, 5) is 35.4. The lowest BCUT2D eigenvalue weighted by Crippen LogP contribution is -2.53. The summed E-state index contributed by atoms with van der Waals surface area (Å²) in [6.45, 7) is 4.68. The van der Waals surface area contributed by atoms with E-state index in [4.69, 9.17) is 0 Å². The predicted octanol–water partition coefficient (Wildman–Crippen LogP) is 3.93. The Labute approximate surface area is 218 Å². The van der Waals surface area contributed by atoms with E-state index in [1.165, 1.54) is 23.0 Å². The summed E-state index contributed by atoms with van der Waals surface area (Å²) in [5.41, 5.74) is -0.242. The summed E-state index contributed by atoms with van der Waals surface area (Å²) < 4.78 is 44.0. The Morgan fingerprint density at radius 1 is 1.13 bits per heavy atom. The molecule has 1 unspecified atom stereocenters. The molecule has 1 amide bonds. The molecule has 2 aromatic heterocycles. The van der Waals surface area contributed by atoms with E-state index in [1.807, 2.05) is 0 Å².